The minimum Gasteiger partial charge on any atom is -0.338 e. The first-order valence-electron chi connectivity index (χ1n) is 11.2. The molecule has 0 unspecified atom stereocenters. The highest BCUT2D eigenvalue weighted by atomic mass is 35.5. The molecule has 5 aromatic rings. The summed E-state index contributed by atoms with van der Waals surface area (Å²) in [7, 11) is 0. The zero-order valence-electron chi connectivity index (χ0n) is 19.3. The first-order valence-corrected chi connectivity index (χ1v) is 12.7. The molecule has 0 saturated carbocycles. The number of rotatable bonds is 6. The van der Waals surface area contributed by atoms with Crippen LogP contribution in [0.4, 0.5) is 0 Å². The number of nitrogens with one attached hydrogen (secondary N) is 2. The van der Waals surface area contributed by atoms with Crippen molar-refractivity contribution in [1.29, 1.82) is 0 Å². The van der Waals surface area contributed by atoms with Crippen molar-refractivity contribution >= 4 is 75.3 Å². The van der Waals surface area contributed by atoms with E-state index >= 15 is 0 Å². The van der Waals surface area contributed by atoms with E-state index in [-0.39, 0.29) is 42.8 Å². The second-order valence-corrected chi connectivity index (χ2v) is 9.64. The van der Waals surface area contributed by atoms with Crippen LogP contribution in [-0.2, 0) is 0 Å². The minimum atomic E-state index is -0.668. The van der Waals surface area contributed by atoms with Crippen molar-refractivity contribution in [1.82, 2.24) is 15.4 Å². The predicted octanol–water partition coefficient (Wildman–Crippen LogP) is 7.84. The number of carbonyl (C=O) groups excluding carboxylic acids is 2. The quantitative estimate of drug-likeness (QED) is 0.0704. The van der Waals surface area contributed by atoms with Crippen molar-refractivity contribution in [2.24, 2.45) is 5.10 Å². The lowest BCUT2D eigenvalue weighted by Gasteiger charge is -2.14. The maximum atomic E-state index is 13.2. The van der Waals surface area contributed by atoms with Crippen LogP contribution in [0, 0.1) is 0 Å². The molecule has 10 heteroatoms. The SMILES string of the molecule is O=C(c1ccccc1)c1ccc2nc(-c3c(Cl)c(Cl)c(Cl)c(Cl)c3C(=O)N/N=C/c3ccccc3)[nH]c2c1. The van der Waals surface area contributed by atoms with Crippen LogP contribution in [-0.4, -0.2) is 27.9 Å². The molecule has 1 heterocycles. The summed E-state index contributed by atoms with van der Waals surface area (Å²) in [5, 5.41) is 3.78. The predicted molar refractivity (Wildman–Crippen MR) is 153 cm³/mol. The Hall–Kier alpha value is -3.68. The van der Waals surface area contributed by atoms with Crippen molar-refractivity contribution in [2.45, 2.75) is 0 Å². The smallest absolute Gasteiger partial charge is 0.273 e. The number of nitrogens with zero attached hydrogens (tertiary/aromatic N) is 2. The topological polar surface area (TPSA) is 87.2 Å². The van der Waals surface area contributed by atoms with Gasteiger partial charge < -0.3 is 4.98 Å². The molecule has 6 nitrogen and oxygen atoms in total. The highest BCUT2D eigenvalue weighted by Gasteiger charge is 2.28. The lowest BCUT2D eigenvalue weighted by atomic mass is 10.0. The van der Waals surface area contributed by atoms with Crippen LogP contribution in [0.2, 0.25) is 20.1 Å². The third kappa shape index (κ3) is 5.04. The Morgan fingerprint density at radius 1 is 0.789 bits per heavy atom. The number of aromatic nitrogens is 2. The van der Waals surface area contributed by atoms with E-state index in [9.17, 15) is 9.59 Å². The van der Waals surface area contributed by atoms with E-state index in [4.69, 9.17) is 46.4 Å². The average Bonchev–Trinajstić information content (AvgIpc) is 3.37. The summed E-state index contributed by atoms with van der Waals surface area (Å²) in [6, 6.07) is 23.2. The molecule has 2 N–H and O–H groups in total. The van der Waals surface area contributed by atoms with E-state index in [0.717, 1.165) is 5.56 Å². The Labute approximate surface area is 237 Å². The summed E-state index contributed by atoms with van der Waals surface area (Å²) in [6.45, 7) is 0. The number of carbonyl (C=O) groups is 2. The molecule has 0 radical (unpaired) electrons. The van der Waals surface area contributed by atoms with Crippen LogP contribution in [0.15, 0.2) is 84.0 Å². The third-order valence-electron chi connectivity index (χ3n) is 5.69. The summed E-state index contributed by atoms with van der Waals surface area (Å²) in [5.41, 5.74) is 5.42. The molecule has 0 aliphatic carbocycles. The molecule has 0 bridgehead atoms. The largest absolute Gasteiger partial charge is 0.338 e. The van der Waals surface area contributed by atoms with E-state index < -0.39 is 5.91 Å². The molecule has 0 spiro atoms. The molecule has 0 atom stereocenters. The number of benzene rings is 4. The Bertz CT molecular complexity index is 1720. The summed E-state index contributed by atoms with van der Waals surface area (Å²) < 4.78 is 0. The number of H-pyrrole nitrogens is 1. The number of imidazole rings is 1. The molecule has 38 heavy (non-hydrogen) atoms. The van der Waals surface area contributed by atoms with Crippen molar-refractivity contribution in [3.63, 3.8) is 0 Å². The fourth-order valence-electron chi connectivity index (χ4n) is 3.85. The average molecular weight is 582 g/mol. The first kappa shape index (κ1) is 25.9. The summed E-state index contributed by atoms with van der Waals surface area (Å²) in [5.74, 6) is -0.597. The number of hydrogen-bond donors (Lipinski definition) is 2. The molecular formula is C28H16Cl4N4O2. The second kappa shape index (κ2) is 11.0. The monoisotopic (exact) mass is 580 g/mol. The van der Waals surface area contributed by atoms with Gasteiger partial charge in [0.25, 0.3) is 5.91 Å². The Morgan fingerprint density at radius 2 is 1.45 bits per heavy atom. The summed E-state index contributed by atoms with van der Waals surface area (Å²) >= 11 is 25.7. The zero-order valence-corrected chi connectivity index (χ0v) is 22.3. The molecule has 0 fully saturated rings. The van der Waals surface area contributed by atoms with Gasteiger partial charge in [0.15, 0.2) is 5.78 Å². The summed E-state index contributed by atoms with van der Waals surface area (Å²) in [6.07, 6.45) is 1.48. The first-order chi connectivity index (χ1) is 18.3. The molecule has 188 valence electrons. The van der Waals surface area contributed by atoms with Gasteiger partial charge in [-0.05, 0) is 23.8 Å². The fourth-order valence-corrected chi connectivity index (χ4v) is 4.88. The molecule has 1 aromatic heterocycles. The molecule has 1 amide bonds. The van der Waals surface area contributed by atoms with Crippen LogP contribution >= 0.6 is 46.4 Å². The highest BCUT2D eigenvalue weighted by Crippen LogP contribution is 2.45. The van der Waals surface area contributed by atoms with E-state index in [2.05, 4.69) is 20.5 Å². The number of hydrazone groups is 1. The second-order valence-electron chi connectivity index (χ2n) is 8.13. The number of amides is 1. The van der Waals surface area contributed by atoms with Gasteiger partial charge >= 0.3 is 0 Å². The lowest BCUT2D eigenvalue weighted by Crippen LogP contribution is -2.20. The maximum absolute atomic E-state index is 13.2. The number of aromatic amines is 1. The molecular weight excluding hydrogens is 566 g/mol. The van der Waals surface area contributed by atoms with Crippen molar-refractivity contribution in [3.8, 4) is 11.4 Å². The van der Waals surface area contributed by atoms with Gasteiger partial charge in [0.05, 0.1) is 48.5 Å². The fraction of sp³-hybridized carbons (Fsp3) is 0. The molecule has 4 aromatic carbocycles. The van der Waals surface area contributed by atoms with Gasteiger partial charge in [0.1, 0.15) is 5.82 Å². The number of halogens is 4. The van der Waals surface area contributed by atoms with Crippen LogP contribution in [0.5, 0.6) is 0 Å². The third-order valence-corrected chi connectivity index (χ3v) is 7.49. The Kier molecular flexibility index (Phi) is 7.49. The van der Waals surface area contributed by atoms with Crippen LogP contribution in [0.3, 0.4) is 0 Å². The molecule has 5 rings (SSSR count). The maximum Gasteiger partial charge on any atom is 0.273 e. The van der Waals surface area contributed by atoms with Gasteiger partial charge in [-0.3, -0.25) is 9.59 Å². The molecule has 0 aliphatic rings. The van der Waals surface area contributed by atoms with Gasteiger partial charge in [0.2, 0.25) is 0 Å². The van der Waals surface area contributed by atoms with Crippen molar-refractivity contribution in [2.75, 3.05) is 0 Å². The van der Waals surface area contributed by atoms with E-state index in [0.29, 0.717) is 22.2 Å². The molecule has 0 saturated heterocycles. The number of hydrogen-bond acceptors (Lipinski definition) is 4. The van der Waals surface area contributed by atoms with E-state index in [1.165, 1.54) is 6.21 Å². The Morgan fingerprint density at radius 3 is 2.16 bits per heavy atom. The number of fused-ring (bicyclic) bond motifs is 1. The normalized spacial score (nSPS) is 11.3. The van der Waals surface area contributed by atoms with E-state index in [1.54, 1.807) is 42.5 Å². The number of ketones is 1. The molecule has 0 aliphatic heterocycles. The van der Waals surface area contributed by atoms with Crippen molar-refractivity contribution < 1.29 is 9.59 Å². The standard InChI is InChI=1S/C28H16Cl4N4O2/c29-22-20(21(23(30)25(32)24(22)31)28(38)36-33-14-15-7-3-1-4-8-15)27-34-18-12-11-17(13-19(18)35-27)26(37)16-9-5-2-6-10-16/h1-14H,(H,34,35)(H,36,38)/b33-14+. The van der Waals surface area contributed by atoms with E-state index in [1.807, 2.05) is 36.4 Å². The van der Waals surface area contributed by atoms with Crippen LogP contribution in [0.25, 0.3) is 22.4 Å². The van der Waals surface area contributed by atoms with Crippen molar-refractivity contribution in [3.05, 3.63) is 121 Å². The minimum absolute atomic E-state index is 0.0158. The highest BCUT2D eigenvalue weighted by molar-refractivity contribution is 6.54. The lowest BCUT2D eigenvalue weighted by molar-refractivity contribution is 0.0955. The van der Waals surface area contributed by atoms with Crippen LogP contribution in [0.1, 0.15) is 31.8 Å². The van der Waals surface area contributed by atoms with Gasteiger partial charge in [-0.2, -0.15) is 5.10 Å². The van der Waals surface area contributed by atoms with Gasteiger partial charge in [-0.1, -0.05) is 107 Å². The Balaban J connectivity index is 1.56. The van der Waals surface area contributed by atoms with Crippen LogP contribution < -0.4 is 5.43 Å². The van der Waals surface area contributed by atoms with Gasteiger partial charge in [0, 0.05) is 11.1 Å². The zero-order chi connectivity index (χ0) is 26.8. The van der Waals surface area contributed by atoms with Gasteiger partial charge in [-0.15, -0.1) is 0 Å². The summed E-state index contributed by atoms with van der Waals surface area (Å²) in [4.78, 5) is 33.8. The van der Waals surface area contributed by atoms with Gasteiger partial charge in [-0.25, -0.2) is 10.4 Å².